The SMILES string of the molecule is O=P(O)(O)OP(=O)(O)OP(=O)(O)OC[C@H]1O[C@@H](n2cnc3c2=NCN2CC=NC=32)C[C@@H]1O. The van der Waals surface area contributed by atoms with Gasteiger partial charge in [0.15, 0.2) is 11.3 Å². The molecule has 3 aliphatic heterocycles. The zero-order valence-corrected chi connectivity index (χ0v) is 18.6. The maximum Gasteiger partial charge on any atom is 0.490 e. The number of imidazole rings is 1. The van der Waals surface area contributed by atoms with E-state index in [9.17, 15) is 23.7 Å². The summed E-state index contributed by atoms with van der Waals surface area (Å²) in [5, 5.41) is 10.8. The monoisotopic (exact) mass is 517 g/mol. The second-order valence-electron chi connectivity index (χ2n) is 6.80. The minimum absolute atomic E-state index is 0.0467. The van der Waals surface area contributed by atoms with Crippen LogP contribution >= 0.6 is 23.5 Å². The number of aliphatic imine (C=N–C) groups is 1. The molecule has 4 rings (SSSR count). The summed E-state index contributed by atoms with van der Waals surface area (Å²) in [4.78, 5) is 50.7. The van der Waals surface area contributed by atoms with Crippen molar-refractivity contribution in [3.8, 4) is 0 Å². The summed E-state index contributed by atoms with van der Waals surface area (Å²) in [6.07, 6.45) is 0.166. The highest BCUT2D eigenvalue weighted by atomic mass is 31.3. The number of phosphoric ester groups is 1. The Kier molecular flexibility index (Phi) is 6.31. The van der Waals surface area contributed by atoms with Crippen LogP contribution in [0, 0.1) is 0 Å². The minimum Gasteiger partial charge on any atom is -0.390 e. The highest BCUT2D eigenvalue weighted by molar-refractivity contribution is 7.66. The summed E-state index contributed by atoms with van der Waals surface area (Å²) < 4.78 is 52.9. The van der Waals surface area contributed by atoms with E-state index in [0.29, 0.717) is 29.9 Å². The van der Waals surface area contributed by atoms with Gasteiger partial charge < -0.3 is 34.3 Å². The van der Waals surface area contributed by atoms with Gasteiger partial charge in [-0.3, -0.25) is 9.09 Å². The number of phosphoric acid groups is 3. The smallest absolute Gasteiger partial charge is 0.390 e. The summed E-state index contributed by atoms with van der Waals surface area (Å²) in [5.41, 5.74) is 0.487. The lowest BCUT2D eigenvalue weighted by molar-refractivity contribution is -0.0447. The molecule has 4 heterocycles. The van der Waals surface area contributed by atoms with Crippen molar-refractivity contribution in [3.05, 3.63) is 17.2 Å². The number of fused-ring (bicyclic) bond motifs is 2. The molecule has 0 aromatic carbocycles. The first-order chi connectivity index (χ1) is 14.8. The molecule has 0 radical (unpaired) electrons. The van der Waals surface area contributed by atoms with E-state index < -0.39 is 48.5 Å². The van der Waals surface area contributed by atoms with Gasteiger partial charge in [-0.15, -0.1) is 0 Å². The van der Waals surface area contributed by atoms with Crippen molar-refractivity contribution in [1.82, 2.24) is 14.5 Å². The Labute approximate surface area is 178 Å². The van der Waals surface area contributed by atoms with Gasteiger partial charge in [-0.05, 0) is 0 Å². The molecule has 3 aliphatic rings. The van der Waals surface area contributed by atoms with Crippen LogP contribution in [0.5, 0.6) is 0 Å². The molecule has 0 aliphatic carbocycles. The Balaban J connectivity index is 1.41. The van der Waals surface area contributed by atoms with E-state index in [4.69, 9.17) is 19.4 Å². The fraction of sp³-hybridized carbons (Fsp3) is 0.583. The van der Waals surface area contributed by atoms with Crippen molar-refractivity contribution in [3.63, 3.8) is 0 Å². The molecule has 17 nitrogen and oxygen atoms in total. The molecule has 32 heavy (non-hydrogen) atoms. The predicted molar refractivity (Wildman–Crippen MR) is 101 cm³/mol. The van der Waals surface area contributed by atoms with Crippen LogP contribution in [-0.4, -0.2) is 77.4 Å². The van der Waals surface area contributed by atoms with E-state index in [1.807, 2.05) is 4.90 Å². The first kappa shape index (κ1) is 23.8. The van der Waals surface area contributed by atoms with E-state index >= 15 is 0 Å². The first-order valence-corrected chi connectivity index (χ1v) is 13.4. The normalized spacial score (nSPS) is 28.7. The fourth-order valence-corrected chi connectivity index (χ4v) is 6.30. The van der Waals surface area contributed by atoms with Gasteiger partial charge in [0.25, 0.3) is 0 Å². The maximum atomic E-state index is 11.8. The largest absolute Gasteiger partial charge is 0.490 e. The van der Waals surface area contributed by atoms with E-state index in [2.05, 4.69) is 28.1 Å². The molecule has 1 saturated heterocycles. The summed E-state index contributed by atoms with van der Waals surface area (Å²) in [5.74, 6) is 0.663. The van der Waals surface area contributed by atoms with Gasteiger partial charge in [-0.1, -0.05) is 0 Å². The fourth-order valence-electron chi connectivity index (χ4n) is 3.27. The van der Waals surface area contributed by atoms with Crippen molar-refractivity contribution < 1.29 is 56.3 Å². The summed E-state index contributed by atoms with van der Waals surface area (Å²) in [6.45, 7) is 0.218. The molecule has 0 amide bonds. The number of nitrogens with zero attached hydrogens (tertiary/aromatic N) is 5. The standard InChI is InChI=1S/C12H18N5O12P3/c18-7-3-9(17-6-14-10-11-13-1-2-16(11)5-15-12(10)17)27-8(7)4-26-31(22,23)29-32(24,25)28-30(19,20)21/h1,6-9,18H,2-5H2,(H,22,23)(H,24,25)(H2,19,20,21)/t7-,8+,9+/m0/s1. The average Bonchev–Trinajstić information content (AvgIpc) is 3.33. The van der Waals surface area contributed by atoms with Crippen LogP contribution < -0.4 is 10.8 Å². The van der Waals surface area contributed by atoms with E-state index in [1.54, 1.807) is 10.8 Å². The van der Waals surface area contributed by atoms with Crippen LogP contribution in [0.1, 0.15) is 12.6 Å². The molecular formula is C12H18N5O12P3. The Morgan fingerprint density at radius 1 is 1.16 bits per heavy atom. The summed E-state index contributed by atoms with van der Waals surface area (Å²) >= 11 is 0. The quantitative estimate of drug-likeness (QED) is 0.233. The zero-order valence-electron chi connectivity index (χ0n) is 15.9. The number of aliphatic hydroxyl groups is 1. The predicted octanol–water partition coefficient (Wildman–Crippen LogP) is -2.08. The third-order valence-electron chi connectivity index (χ3n) is 4.52. The lowest BCUT2D eigenvalue weighted by Gasteiger charge is -2.20. The van der Waals surface area contributed by atoms with Gasteiger partial charge in [0, 0.05) is 12.6 Å². The third-order valence-corrected chi connectivity index (χ3v) is 8.32. The molecule has 178 valence electrons. The average molecular weight is 517 g/mol. The Hall–Kier alpha value is -1.32. The molecule has 0 saturated carbocycles. The van der Waals surface area contributed by atoms with Gasteiger partial charge in [0.05, 0.1) is 25.6 Å². The van der Waals surface area contributed by atoms with Crippen molar-refractivity contribution in [2.75, 3.05) is 19.8 Å². The Morgan fingerprint density at radius 3 is 2.62 bits per heavy atom. The van der Waals surface area contributed by atoms with Crippen LogP contribution in [0.3, 0.4) is 0 Å². The third kappa shape index (κ3) is 5.25. The number of aliphatic hydroxyl groups excluding tert-OH is 1. The molecule has 1 aromatic heterocycles. The molecule has 5 atom stereocenters. The van der Waals surface area contributed by atoms with Crippen LogP contribution in [0.15, 0.2) is 16.3 Å². The molecular weight excluding hydrogens is 499 g/mol. The van der Waals surface area contributed by atoms with Gasteiger partial charge in [0.1, 0.15) is 24.3 Å². The number of rotatable bonds is 8. The minimum atomic E-state index is -5.63. The maximum absolute atomic E-state index is 11.8. The van der Waals surface area contributed by atoms with E-state index in [-0.39, 0.29) is 6.42 Å². The highest BCUT2D eigenvalue weighted by Crippen LogP contribution is 2.66. The van der Waals surface area contributed by atoms with Crippen molar-refractivity contribution in [1.29, 1.82) is 0 Å². The van der Waals surface area contributed by atoms with Crippen LogP contribution in [0.4, 0.5) is 0 Å². The highest BCUT2D eigenvalue weighted by Gasteiger charge is 2.43. The van der Waals surface area contributed by atoms with Gasteiger partial charge in [-0.25, -0.2) is 28.7 Å². The number of hydrogen-bond donors (Lipinski definition) is 5. The van der Waals surface area contributed by atoms with Crippen LogP contribution in [-0.2, 0) is 31.6 Å². The van der Waals surface area contributed by atoms with E-state index in [0.717, 1.165) is 0 Å². The number of aromatic nitrogens is 2. The number of ether oxygens (including phenoxy) is 1. The summed E-state index contributed by atoms with van der Waals surface area (Å²) in [6, 6.07) is 0. The van der Waals surface area contributed by atoms with Crippen molar-refractivity contribution >= 4 is 35.5 Å². The van der Waals surface area contributed by atoms with Gasteiger partial charge in [0.2, 0.25) is 0 Å². The first-order valence-electron chi connectivity index (χ1n) is 8.84. The van der Waals surface area contributed by atoms with E-state index in [1.165, 1.54) is 6.33 Å². The van der Waals surface area contributed by atoms with Crippen molar-refractivity contribution in [2.24, 2.45) is 9.98 Å². The molecule has 1 fully saturated rings. The van der Waals surface area contributed by atoms with Crippen LogP contribution in [0.2, 0.25) is 0 Å². The Bertz CT molecular complexity index is 1190. The summed E-state index contributed by atoms with van der Waals surface area (Å²) in [7, 11) is -16.5. The Morgan fingerprint density at radius 2 is 1.91 bits per heavy atom. The zero-order chi connectivity index (χ0) is 23.3. The molecule has 2 unspecified atom stereocenters. The molecule has 1 aromatic rings. The van der Waals surface area contributed by atoms with Crippen LogP contribution in [0.25, 0.3) is 5.82 Å². The second kappa shape index (κ2) is 8.47. The molecule has 5 N–H and O–H groups in total. The second-order valence-corrected chi connectivity index (χ2v) is 11.2. The number of hydrogen-bond acceptors (Lipinski definition) is 12. The lowest BCUT2D eigenvalue weighted by Crippen LogP contribution is -2.42. The molecule has 20 heteroatoms. The van der Waals surface area contributed by atoms with Gasteiger partial charge in [-0.2, -0.15) is 8.62 Å². The molecule has 0 spiro atoms. The van der Waals surface area contributed by atoms with Gasteiger partial charge >= 0.3 is 23.5 Å². The van der Waals surface area contributed by atoms with Crippen molar-refractivity contribution in [2.45, 2.75) is 24.9 Å². The lowest BCUT2D eigenvalue weighted by atomic mass is 10.2. The topological polar surface area (TPSA) is 235 Å². The molecule has 0 bridgehead atoms.